The minimum absolute atomic E-state index is 0.808. The minimum atomic E-state index is 0.808. The zero-order chi connectivity index (χ0) is 8.10. The Balaban J connectivity index is 2.31. The highest BCUT2D eigenvalue weighted by molar-refractivity contribution is 6.25. The summed E-state index contributed by atoms with van der Waals surface area (Å²) in [6, 6.07) is 0.808. The van der Waals surface area contributed by atoms with Crippen LogP contribution in [-0.2, 0) is 0 Å². The molecular weight excluding hydrogens is 158 g/mol. The van der Waals surface area contributed by atoms with Crippen molar-refractivity contribution in [1.82, 2.24) is 4.90 Å². The van der Waals surface area contributed by atoms with Crippen LogP contribution in [0.5, 0.6) is 0 Å². The molecule has 1 fully saturated rings. The molecule has 1 nitrogen and oxygen atoms in total. The SMILES string of the molecule is CCC1CCCN1C/C=C/Cl. The van der Waals surface area contributed by atoms with Crippen molar-refractivity contribution in [3.63, 3.8) is 0 Å². The molecule has 64 valence electrons. The van der Waals surface area contributed by atoms with E-state index in [9.17, 15) is 0 Å². The van der Waals surface area contributed by atoms with E-state index in [1.807, 2.05) is 6.08 Å². The van der Waals surface area contributed by atoms with Crippen LogP contribution in [0.1, 0.15) is 26.2 Å². The van der Waals surface area contributed by atoms with Gasteiger partial charge in [-0.2, -0.15) is 0 Å². The van der Waals surface area contributed by atoms with Crippen molar-refractivity contribution in [1.29, 1.82) is 0 Å². The molecule has 1 aliphatic heterocycles. The maximum atomic E-state index is 5.46. The van der Waals surface area contributed by atoms with Crippen molar-refractivity contribution in [2.75, 3.05) is 13.1 Å². The Kier molecular flexibility index (Phi) is 3.95. The lowest BCUT2D eigenvalue weighted by Gasteiger charge is -2.20. The van der Waals surface area contributed by atoms with E-state index in [2.05, 4.69) is 11.8 Å². The van der Waals surface area contributed by atoms with Crippen molar-refractivity contribution in [2.45, 2.75) is 32.2 Å². The Hall–Kier alpha value is -0.0100. The second kappa shape index (κ2) is 4.78. The summed E-state index contributed by atoms with van der Waals surface area (Å²) in [6.07, 6.45) is 6.02. The quantitative estimate of drug-likeness (QED) is 0.634. The Morgan fingerprint density at radius 3 is 3.09 bits per heavy atom. The molecule has 0 spiro atoms. The fraction of sp³-hybridized carbons (Fsp3) is 0.778. The van der Waals surface area contributed by atoms with Gasteiger partial charge >= 0.3 is 0 Å². The van der Waals surface area contributed by atoms with Gasteiger partial charge in [0, 0.05) is 18.1 Å². The average Bonchev–Trinajstić information content (AvgIpc) is 2.47. The Bertz CT molecular complexity index is 134. The van der Waals surface area contributed by atoms with Crippen LogP contribution in [0.25, 0.3) is 0 Å². The molecule has 1 aliphatic rings. The monoisotopic (exact) mass is 173 g/mol. The van der Waals surface area contributed by atoms with Gasteiger partial charge in [0.05, 0.1) is 0 Å². The van der Waals surface area contributed by atoms with Crippen LogP contribution < -0.4 is 0 Å². The molecule has 1 heterocycles. The Labute approximate surface area is 74.0 Å². The summed E-state index contributed by atoms with van der Waals surface area (Å²) in [5.74, 6) is 0. The zero-order valence-electron chi connectivity index (χ0n) is 7.09. The molecule has 0 radical (unpaired) electrons. The molecule has 0 bridgehead atoms. The third kappa shape index (κ3) is 2.49. The standard InChI is InChI=1S/C9H16ClN/c1-2-9-5-3-7-11(9)8-4-6-10/h4,6,9H,2-3,5,7-8H2,1H3/b6-4+. The molecule has 0 N–H and O–H groups in total. The molecule has 0 saturated carbocycles. The van der Waals surface area contributed by atoms with Gasteiger partial charge in [-0.05, 0) is 25.8 Å². The van der Waals surface area contributed by atoms with Crippen LogP contribution in [0, 0.1) is 0 Å². The Morgan fingerprint density at radius 1 is 1.64 bits per heavy atom. The summed E-state index contributed by atoms with van der Waals surface area (Å²) in [5, 5.41) is 0. The highest BCUT2D eigenvalue weighted by atomic mass is 35.5. The largest absolute Gasteiger partial charge is 0.297 e. The number of hydrogen-bond acceptors (Lipinski definition) is 1. The average molecular weight is 174 g/mol. The normalized spacial score (nSPS) is 26.9. The van der Waals surface area contributed by atoms with Gasteiger partial charge in [-0.1, -0.05) is 24.6 Å². The Morgan fingerprint density at radius 2 is 2.45 bits per heavy atom. The molecule has 0 aromatic rings. The first-order valence-corrected chi connectivity index (χ1v) is 4.81. The fourth-order valence-electron chi connectivity index (χ4n) is 1.77. The van der Waals surface area contributed by atoms with Gasteiger partial charge in [0.15, 0.2) is 0 Å². The van der Waals surface area contributed by atoms with E-state index < -0.39 is 0 Å². The fourth-order valence-corrected chi connectivity index (χ4v) is 1.85. The van der Waals surface area contributed by atoms with Crippen LogP contribution in [0.4, 0.5) is 0 Å². The molecule has 2 heteroatoms. The number of halogens is 1. The van der Waals surface area contributed by atoms with Crippen LogP contribution in [0.15, 0.2) is 11.6 Å². The van der Waals surface area contributed by atoms with Gasteiger partial charge in [-0.15, -0.1) is 0 Å². The van der Waals surface area contributed by atoms with E-state index in [4.69, 9.17) is 11.6 Å². The van der Waals surface area contributed by atoms with Gasteiger partial charge in [-0.25, -0.2) is 0 Å². The predicted octanol–water partition coefficient (Wildman–Crippen LogP) is 2.61. The van der Waals surface area contributed by atoms with E-state index >= 15 is 0 Å². The van der Waals surface area contributed by atoms with Crippen molar-refractivity contribution >= 4 is 11.6 Å². The van der Waals surface area contributed by atoms with Crippen molar-refractivity contribution < 1.29 is 0 Å². The topological polar surface area (TPSA) is 3.24 Å². The maximum absolute atomic E-state index is 5.46. The molecule has 1 atom stereocenters. The molecule has 1 saturated heterocycles. The molecule has 0 aromatic heterocycles. The molecular formula is C9H16ClN. The van der Waals surface area contributed by atoms with Gasteiger partial charge < -0.3 is 0 Å². The maximum Gasteiger partial charge on any atom is 0.0177 e. The lowest BCUT2D eigenvalue weighted by molar-refractivity contribution is 0.275. The lowest BCUT2D eigenvalue weighted by Crippen LogP contribution is -2.28. The summed E-state index contributed by atoms with van der Waals surface area (Å²) in [7, 11) is 0. The van der Waals surface area contributed by atoms with E-state index in [1.54, 1.807) is 5.54 Å². The molecule has 1 rings (SSSR count). The first-order chi connectivity index (χ1) is 5.38. The van der Waals surface area contributed by atoms with Crippen molar-refractivity contribution in [2.24, 2.45) is 0 Å². The second-order valence-electron chi connectivity index (χ2n) is 3.06. The second-order valence-corrected chi connectivity index (χ2v) is 3.31. The van der Waals surface area contributed by atoms with Crippen LogP contribution in [0.2, 0.25) is 0 Å². The number of nitrogens with zero attached hydrogens (tertiary/aromatic N) is 1. The summed E-state index contributed by atoms with van der Waals surface area (Å²) >= 11 is 5.46. The van der Waals surface area contributed by atoms with E-state index in [-0.39, 0.29) is 0 Å². The van der Waals surface area contributed by atoms with Crippen LogP contribution in [-0.4, -0.2) is 24.0 Å². The first-order valence-electron chi connectivity index (χ1n) is 4.37. The first kappa shape index (κ1) is 9.08. The smallest absolute Gasteiger partial charge is 0.0177 e. The minimum Gasteiger partial charge on any atom is -0.297 e. The summed E-state index contributed by atoms with van der Waals surface area (Å²) in [4.78, 5) is 2.50. The molecule has 0 aromatic carbocycles. The molecule has 0 amide bonds. The van der Waals surface area contributed by atoms with E-state index in [0.29, 0.717) is 0 Å². The van der Waals surface area contributed by atoms with Gasteiger partial charge in [0.1, 0.15) is 0 Å². The van der Waals surface area contributed by atoms with E-state index in [0.717, 1.165) is 12.6 Å². The van der Waals surface area contributed by atoms with Crippen LogP contribution in [0.3, 0.4) is 0 Å². The van der Waals surface area contributed by atoms with Crippen molar-refractivity contribution in [3.05, 3.63) is 11.6 Å². The summed E-state index contributed by atoms with van der Waals surface area (Å²) in [6.45, 7) is 4.54. The lowest BCUT2D eigenvalue weighted by atomic mass is 10.2. The molecule has 11 heavy (non-hydrogen) atoms. The zero-order valence-corrected chi connectivity index (χ0v) is 7.85. The molecule has 1 unspecified atom stereocenters. The third-order valence-electron chi connectivity index (χ3n) is 2.40. The number of rotatable bonds is 3. The third-order valence-corrected chi connectivity index (χ3v) is 2.58. The predicted molar refractivity (Wildman–Crippen MR) is 49.9 cm³/mol. The van der Waals surface area contributed by atoms with Gasteiger partial charge in [-0.3, -0.25) is 4.90 Å². The van der Waals surface area contributed by atoms with Gasteiger partial charge in [0.2, 0.25) is 0 Å². The summed E-state index contributed by atoms with van der Waals surface area (Å²) in [5.41, 5.74) is 1.62. The van der Waals surface area contributed by atoms with Crippen molar-refractivity contribution in [3.8, 4) is 0 Å². The number of likely N-dealkylation sites (tertiary alicyclic amines) is 1. The van der Waals surface area contributed by atoms with Gasteiger partial charge in [0.25, 0.3) is 0 Å². The summed E-state index contributed by atoms with van der Waals surface area (Å²) < 4.78 is 0. The van der Waals surface area contributed by atoms with Crippen LogP contribution >= 0.6 is 11.6 Å². The molecule has 0 aliphatic carbocycles. The highest BCUT2D eigenvalue weighted by Gasteiger charge is 2.20. The number of hydrogen-bond donors (Lipinski definition) is 0. The highest BCUT2D eigenvalue weighted by Crippen LogP contribution is 2.18. The van der Waals surface area contributed by atoms with E-state index in [1.165, 1.54) is 25.8 Å².